The predicted molar refractivity (Wildman–Crippen MR) is 114 cm³/mol. The summed E-state index contributed by atoms with van der Waals surface area (Å²) in [6, 6.07) is 20.0. The van der Waals surface area contributed by atoms with Gasteiger partial charge in [-0.1, -0.05) is 30.3 Å². The topological polar surface area (TPSA) is 64.6 Å². The highest BCUT2D eigenvalue weighted by Crippen LogP contribution is 2.31. The maximum atomic E-state index is 12.7. The highest BCUT2D eigenvalue weighted by Gasteiger charge is 2.18. The summed E-state index contributed by atoms with van der Waals surface area (Å²) in [5.74, 6) is -0.00641. The van der Waals surface area contributed by atoms with E-state index in [9.17, 15) is 9.59 Å². The molecule has 3 aromatic carbocycles. The molecule has 0 aromatic heterocycles. The van der Waals surface area contributed by atoms with Crippen LogP contribution in [0.15, 0.2) is 66.7 Å². The Bertz CT molecular complexity index is 1010. The first-order valence-electron chi connectivity index (χ1n) is 9.36. The zero-order valence-corrected chi connectivity index (χ0v) is 16.7. The molecule has 5 nitrogen and oxygen atoms in total. The first kappa shape index (κ1) is 20.1. The summed E-state index contributed by atoms with van der Waals surface area (Å²) in [7, 11) is 1.62. The molecule has 0 unspecified atom stereocenters. The van der Waals surface area contributed by atoms with Gasteiger partial charge in [0.15, 0.2) is 0 Å². The van der Waals surface area contributed by atoms with Gasteiger partial charge in [0.2, 0.25) is 0 Å². The molecular formula is C24H23NO4. The number of rotatable bonds is 6. The molecule has 5 heteroatoms. The lowest BCUT2D eigenvalue weighted by Gasteiger charge is -2.15. The first-order valence-corrected chi connectivity index (χ1v) is 9.36. The second-order valence-electron chi connectivity index (χ2n) is 6.48. The van der Waals surface area contributed by atoms with Gasteiger partial charge in [0.25, 0.3) is 5.91 Å². The molecule has 0 spiro atoms. The standard InChI is InChI=1S/C24H23NO4/c1-4-29-24(27)21-14-16(2)20(17-10-12-19(28-3)13-11-17)15-22(21)25-23(26)18-8-6-5-7-9-18/h5-15H,4H2,1-3H3,(H,25,26). The fraction of sp³-hybridized carbons (Fsp3) is 0.167. The Morgan fingerprint density at radius 3 is 2.28 bits per heavy atom. The summed E-state index contributed by atoms with van der Waals surface area (Å²) in [6.07, 6.45) is 0. The number of carbonyl (C=O) groups excluding carboxylic acids is 2. The van der Waals surface area contributed by atoms with Crippen LogP contribution in [0.1, 0.15) is 33.2 Å². The van der Waals surface area contributed by atoms with Gasteiger partial charge >= 0.3 is 5.97 Å². The lowest BCUT2D eigenvalue weighted by molar-refractivity contribution is 0.0527. The molecule has 0 radical (unpaired) electrons. The Hall–Kier alpha value is -3.60. The maximum Gasteiger partial charge on any atom is 0.340 e. The zero-order valence-electron chi connectivity index (χ0n) is 16.7. The first-order chi connectivity index (χ1) is 14.0. The van der Waals surface area contributed by atoms with Gasteiger partial charge in [0.05, 0.1) is 25.0 Å². The molecule has 0 bridgehead atoms. The number of amides is 1. The van der Waals surface area contributed by atoms with Crippen LogP contribution in [-0.2, 0) is 4.74 Å². The van der Waals surface area contributed by atoms with Crippen LogP contribution < -0.4 is 10.1 Å². The predicted octanol–water partition coefficient (Wildman–Crippen LogP) is 5.10. The van der Waals surface area contributed by atoms with Gasteiger partial charge in [0.1, 0.15) is 5.75 Å². The van der Waals surface area contributed by atoms with Gasteiger partial charge in [0, 0.05) is 5.56 Å². The summed E-state index contributed by atoms with van der Waals surface area (Å²) >= 11 is 0. The van der Waals surface area contributed by atoms with Crippen molar-refractivity contribution in [3.63, 3.8) is 0 Å². The Morgan fingerprint density at radius 2 is 1.66 bits per heavy atom. The van der Waals surface area contributed by atoms with E-state index in [0.717, 1.165) is 22.4 Å². The van der Waals surface area contributed by atoms with E-state index in [0.29, 0.717) is 16.8 Å². The Morgan fingerprint density at radius 1 is 0.966 bits per heavy atom. The molecule has 3 aromatic rings. The SMILES string of the molecule is CCOC(=O)c1cc(C)c(-c2ccc(OC)cc2)cc1NC(=O)c1ccccc1. The molecule has 3 rings (SSSR count). The highest BCUT2D eigenvalue weighted by atomic mass is 16.5. The van der Waals surface area contributed by atoms with E-state index in [2.05, 4.69) is 5.32 Å². The van der Waals surface area contributed by atoms with Gasteiger partial charge in [-0.3, -0.25) is 4.79 Å². The number of aryl methyl sites for hydroxylation is 1. The second kappa shape index (κ2) is 9.06. The lowest BCUT2D eigenvalue weighted by atomic mass is 9.96. The maximum absolute atomic E-state index is 12.7. The minimum atomic E-state index is -0.472. The van der Waals surface area contributed by atoms with E-state index in [1.807, 2.05) is 43.3 Å². The molecule has 1 N–H and O–H groups in total. The van der Waals surface area contributed by atoms with Gasteiger partial charge in [-0.05, 0) is 66.9 Å². The third kappa shape index (κ3) is 4.63. The van der Waals surface area contributed by atoms with Crippen molar-refractivity contribution < 1.29 is 19.1 Å². The Labute approximate surface area is 170 Å². The van der Waals surface area contributed by atoms with Crippen LogP contribution in [0.2, 0.25) is 0 Å². The van der Waals surface area contributed by atoms with Crippen molar-refractivity contribution in [1.29, 1.82) is 0 Å². The van der Waals surface area contributed by atoms with E-state index in [-0.39, 0.29) is 12.5 Å². The van der Waals surface area contributed by atoms with E-state index in [4.69, 9.17) is 9.47 Å². The van der Waals surface area contributed by atoms with Crippen molar-refractivity contribution in [3.8, 4) is 16.9 Å². The van der Waals surface area contributed by atoms with Crippen LogP contribution in [0.4, 0.5) is 5.69 Å². The summed E-state index contributed by atoms with van der Waals surface area (Å²) in [5.41, 5.74) is 4.00. The summed E-state index contributed by atoms with van der Waals surface area (Å²) in [5, 5.41) is 2.86. The van der Waals surface area contributed by atoms with E-state index < -0.39 is 5.97 Å². The largest absolute Gasteiger partial charge is 0.497 e. The molecule has 0 aliphatic carbocycles. The van der Waals surface area contributed by atoms with Crippen molar-refractivity contribution in [2.24, 2.45) is 0 Å². The second-order valence-corrected chi connectivity index (χ2v) is 6.48. The summed E-state index contributed by atoms with van der Waals surface area (Å²) in [4.78, 5) is 25.2. The molecule has 1 amide bonds. The van der Waals surface area contributed by atoms with Crippen molar-refractivity contribution >= 4 is 17.6 Å². The highest BCUT2D eigenvalue weighted by molar-refractivity contribution is 6.08. The quantitative estimate of drug-likeness (QED) is 0.596. The normalized spacial score (nSPS) is 10.3. The average molecular weight is 389 g/mol. The molecule has 29 heavy (non-hydrogen) atoms. The third-order valence-corrected chi connectivity index (χ3v) is 4.55. The van der Waals surface area contributed by atoms with Crippen LogP contribution in [0, 0.1) is 6.92 Å². The van der Waals surface area contributed by atoms with Gasteiger partial charge in [-0.25, -0.2) is 4.79 Å². The minimum absolute atomic E-state index is 0.254. The van der Waals surface area contributed by atoms with Crippen molar-refractivity contribution in [2.75, 3.05) is 19.0 Å². The van der Waals surface area contributed by atoms with E-state index in [1.54, 1.807) is 44.4 Å². The average Bonchev–Trinajstić information content (AvgIpc) is 2.75. The Kier molecular flexibility index (Phi) is 6.29. The van der Waals surface area contributed by atoms with Crippen molar-refractivity contribution in [1.82, 2.24) is 0 Å². The summed E-state index contributed by atoms with van der Waals surface area (Å²) in [6.45, 7) is 3.92. The number of esters is 1. The number of hydrogen-bond donors (Lipinski definition) is 1. The molecule has 0 atom stereocenters. The van der Waals surface area contributed by atoms with Crippen LogP contribution >= 0.6 is 0 Å². The fourth-order valence-corrected chi connectivity index (χ4v) is 3.05. The van der Waals surface area contributed by atoms with E-state index in [1.165, 1.54) is 0 Å². The molecule has 148 valence electrons. The van der Waals surface area contributed by atoms with Gasteiger partial charge in [-0.2, -0.15) is 0 Å². The van der Waals surface area contributed by atoms with Crippen LogP contribution in [-0.4, -0.2) is 25.6 Å². The number of anilines is 1. The number of hydrogen-bond acceptors (Lipinski definition) is 4. The van der Waals surface area contributed by atoms with Crippen LogP contribution in [0.25, 0.3) is 11.1 Å². The van der Waals surface area contributed by atoms with Crippen LogP contribution in [0.3, 0.4) is 0 Å². The van der Waals surface area contributed by atoms with E-state index >= 15 is 0 Å². The lowest BCUT2D eigenvalue weighted by Crippen LogP contribution is -2.16. The molecule has 0 aliphatic heterocycles. The van der Waals surface area contributed by atoms with Crippen molar-refractivity contribution in [3.05, 3.63) is 83.4 Å². The Balaban J connectivity index is 2.04. The number of nitrogens with one attached hydrogen (secondary N) is 1. The molecule has 0 fully saturated rings. The number of carbonyl (C=O) groups is 2. The molecule has 0 heterocycles. The van der Waals surface area contributed by atoms with Crippen LogP contribution in [0.5, 0.6) is 5.75 Å². The summed E-state index contributed by atoms with van der Waals surface area (Å²) < 4.78 is 10.4. The number of ether oxygens (including phenoxy) is 2. The van der Waals surface area contributed by atoms with Gasteiger partial charge < -0.3 is 14.8 Å². The molecule has 0 aliphatic rings. The van der Waals surface area contributed by atoms with Crippen molar-refractivity contribution in [2.45, 2.75) is 13.8 Å². The third-order valence-electron chi connectivity index (χ3n) is 4.55. The minimum Gasteiger partial charge on any atom is -0.497 e. The fourth-order valence-electron chi connectivity index (χ4n) is 3.05. The monoisotopic (exact) mass is 389 g/mol. The smallest absolute Gasteiger partial charge is 0.340 e. The van der Waals surface area contributed by atoms with Gasteiger partial charge in [-0.15, -0.1) is 0 Å². The molecule has 0 saturated heterocycles. The zero-order chi connectivity index (χ0) is 20.8. The molecular weight excluding hydrogens is 366 g/mol. The number of benzene rings is 3. The number of methoxy groups -OCH3 is 1. The molecule has 0 saturated carbocycles.